The largest absolute Gasteiger partial charge is 0.502 e. The molecule has 1 aromatic heterocycles. The molecule has 1 N–H and O–H groups in total. The summed E-state index contributed by atoms with van der Waals surface area (Å²) >= 11 is 0. The fourth-order valence-electron chi connectivity index (χ4n) is 3.09. The van der Waals surface area contributed by atoms with Gasteiger partial charge in [0.2, 0.25) is 11.5 Å². The minimum atomic E-state index is -2.68. The highest BCUT2D eigenvalue weighted by Crippen LogP contribution is 2.38. The van der Waals surface area contributed by atoms with Crippen LogP contribution in [-0.4, -0.2) is 22.7 Å². The SMILES string of the molecule is [2H]c1c([2H])c(-c2noc(-c3c([2H])c([2H])c(OC(C)C)c([N+]#[C-])c3[2H])n2)c2c(c1[2H])[C@@]([2H])(NC([2H])([2H])C([2H])([2H])C)CC2. The van der Waals surface area contributed by atoms with E-state index in [-0.39, 0.29) is 52.4 Å². The summed E-state index contributed by atoms with van der Waals surface area (Å²) in [4.78, 5) is 7.53. The third kappa shape index (κ3) is 3.94. The van der Waals surface area contributed by atoms with Gasteiger partial charge in [-0.05, 0) is 68.8 Å². The van der Waals surface area contributed by atoms with Crippen LogP contribution in [0.1, 0.15) is 65.8 Å². The number of hydrogen-bond donors (Lipinski definition) is 1. The molecule has 3 aromatic rings. The zero-order valence-corrected chi connectivity index (χ0v) is 16.6. The summed E-state index contributed by atoms with van der Waals surface area (Å²) in [7, 11) is 0. The number of nitrogens with zero attached hydrogens (tertiary/aromatic N) is 3. The van der Waals surface area contributed by atoms with E-state index in [0.717, 1.165) is 6.92 Å². The fraction of sp³-hybridized carbons (Fsp3) is 0.375. The lowest BCUT2D eigenvalue weighted by atomic mass is 10.0. The van der Waals surface area contributed by atoms with Crippen molar-refractivity contribution >= 4 is 5.69 Å². The summed E-state index contributed by atoms with van der Waals surface area (Å²) in [5.41, 5.74) is -0.606. The molecular weight excluding hydrogens is 376 g/mol. The second-order valence-corrected chi connectivity index (χ2v) is 6.71. The first-order valence-electron chi connectivity index (χ1n) is 14.8. The van der Waals surface area contributed by atoms with Crippen LogP contribution in [0.4, 0.5) is 5.69 Å². The maximum atomic E-state index is 8.94. The van der Waals surface area contributed by atoms with Gasteiger partial charge < -0.3 is 14.6 Å². The highest BCUT2D eigenvalue weighted by molar-refractivity contribution is 5.70. The van der Waals surface area contributed by atoms with Gasteiger partial charge >= 0.3 is 0 Å². The van der Waals surface area contributed by atoms with Crippen LogP contribution >= 0.6 is 0 Å². The first kappa shape index (κ1) is 10.7. The molecule has 6 heteroatoms. The van der Waals surface area contributed by atoms with Crippen molar-refractivity contribution in [2.75, 3.05) is 6.50 Å². The molecule has 1 heterocycles. The van der Waals surface area contributed by atoms with E-state index in [4.69, 9.17) is 30.9 Å². The number of ether oxygens (including phenoxy) is 1. The molecular formula is C24H26N4O2. The van der Waals surface area contributed by atoms with E-state index in [1.807, 2.05) is 0 Å². The Morgan fingerprint density at radius 3 is 3.07 bits per heavy atom. The van der Waals surface area contributed by atoms with Gasteiger partial charge in [0.1, 0.15) is 5.75 Å². The van der Waals surface area contributed by atoms with Gasteiger partial charge in [0, 0.05) is 24.0 Å². The maximum Gasteiger partial charge on any atom is 0.256 e. The molecule has 0 amide bonds. The average Bonchev–Trinajstić information content (AvgIpc) is 3.45. The zero-order chi connectivity index (χ0) is 30.8. The van der Waals surface area contributed by atoms with Crippen molar-refractivity contribution in [3.63, 3.8) is 0 Å². The predicted molar refractivity (Wildman–Crippen MR) is 117 cm³/mol. The lowest BCUT2D eigenvalue weighted by Gasteiger charge is -2.13. The number of fused-ring (bicyclic) bond motifs is 1. The molecule has 1 atom stereocenters. The molecule has 1 aliphatic carbocycles. The number of benzene rings is 2. The second-order valence-electron chi connectivity index (χ2n) is 6.71. The van der Waals surface area contributed by atoms with E-state index in [1.165, 1.54) is 0 Å². The smallest absolute Gasteiger partial charge is 0.256 e. The van der Waals surface area contributed by atoms with Gasteiger partial charge in [-0.1, -0.05) is 30.2 Å². The Morgan fingerprint density at radius 1 is 1.43 bits per heavy atom. The van der Waals surface area contributed by atoms with Gasteiger partial charge in [-0.2, -0.15) is 4.98 Å². The quantitative estimate of drug-likeness (QED) is 0.501. The van der Waals surface area contributed by atoms with Crippen LogP contribution in [0.25, 0.3) is 27.7 Å². The maximum absolute atomic E-state index is 8.94. The van der Waals surface area contributed by atoms with Crippen molar-refractivity contribution in [2.45, 2.75) is 52.1 Å². The summed E-state index contributed by atoms with van der Waals surface area (Å²) in [5, 5.41) is 6.23. The van der Waals surface area contributed by atoms with Crippen molar-refractivity contribution in [1.82, 2.24) is 15.5 Å². The van der Waals surface area contributed by atoms with E-state index < -0.39 is 67.1 Å². The Balaban J connectivity index is 1.89. The van der Waals surface area contributed by atoms with Crippen molar-refractivity contribution in [1.29, 1.82) is 0 Å². The topological polar surface area (TPSA) is 64.5 Å². The zero-order valence-electron chi connectivity index (χ0n) is 27.6. The molecule has 0 aliphatic heterocycles. The van der Waals surface area contributed by atoms with Gasteiger partial charge in [-0.15, -0.1) is 0 Å². The van der Waals surface area contributed by atoms with Crippen LogP contribution in [0, 0.1) is 6.57 Å². The highest BCUT2D eigenvalue weighted by Gasteiger charge is 2.26. The summed E-state index contributed by atoms with van der Waals surface area (Å²) in [6.45, 7) is 9.18. The lowest BCUT2D eigenvalue weighted by Crippen LogP contribution is -2.19. The number of rotatable bonds is 7. The Morgan fingerprint density at radius 2 is 2.30 bits per heavy atom. The van der Waals surface area contributed by atoms with Crippen LogP contribution in [0.3, 0.4) is 0 Å². The predicted octanol–water partition coefficient (Wildman–Crippen LogP) is 5.73. The molecule has 154 valence electrons. The van der Waals surface area contributed by atoms with Crippen molar-refractivity contribution in [3.05, 3.63) is 58.8 Å². The van der Waals surface area contributed by atoms with Gasteiger partial charge in [0.25, 0.3) is 5.89 Å². The van der Waals surface area contributed by atoms with E-state index in [0.29, 0.717) is 0 Å². The van der Waals surface area contributed by atoms with Crippen LogP contribution in [0.15, 0.2) is 40.8 Å². The van der Waals surface area contributed by atoms with Crippen LogP contribution < -0.4 is 10.1 Å². The van der Waals surface area contributed by atoms with Gasteiger partial charge in [-0.3, -0.25) is 0 Å². The Bertz CT molecular complexity index is 1590. The van der Waals surface area contributed by atoms with Gasteiger partial charge in [0.15, 0.2) is 0 Å². The summed E-state index contributed by atoms with van der Waals surface area (Å²) in [5.74, 6) is -0.881. The van der Waals surface area contributed by atoms with E-state index in [9.17, 15) is 0 Å². The molecule has 0 saturated carbocycles. The highest BCUT2D eigenvalue weighted by atomic mass is 16.5. The van der Waals surface area contributed by atoms with E-state index in [1.54, 1.807) is 13.8 Å². The summed E-state index contributed by atoms with van der Waals surface area (Å²) < 4.78 is 102. The first-order chi connectivity index (χ1) is 18.9. The Kier molecular flexibility index (Phi) is 3.11. The molecule has 1 aliphatic rings. The number of aromatic nitrogens is 2. The summed E-state index contributed by atoms with van der Waals surface area (Å²) in [6, 6.07) is -4.99. The Labute approximate surface area is 192 Å². The van der Waals surface area contributed by atoms with E-state index in [2.05, 4.69) is 20.3 Å². The van der Waals surface area contributed by atoms with E-state index >= 15 is 0 Å². The monoisotopic (exact) mass is 413 g/mol. The third-order valence-electron chi connectivity index (χ3n) is 4.33. The second kappa shape index (κ2) is 8.68. The lowest BCUT2D eigenvalue weighted by molar-refractivity contribution is 0.244. The average molecular weight is 414 g/mol. The van der Waals surface area contributed by atoms with Crippen LogP contribution in [0.5, 0.6) is 5.75 Å². The fourth-order valence-corrected chi connectivity index (χ4v) is 3.09. The number of hydrogen-bond acceptors (Lipinski definition) is 5. The van der Waals surface area contributed by atoms with Gasteiger partial charge in [-0.25, -0.2) is 4.85 Å². The first-order valence-corrected chi connectivity index (χ1v) is 9.31. The van der Waals surface area contributed by atoms with Crippen molar-refractivity contribution < 1.29 is 24.3 Å². The molecule has 0 fully saturated rings. The molecule has 0 radical (unpaired) electrons. The van der Waals surface area contributed by atoms with Gasteiger partial charge in [0.05, 0.1) is 20.9 Å². The molecule has 0 bridgehead atoms. The molecule has 6 nitrogen and oxygen atoms in total. The molecule has 30 heavy (non-hydrogen) atoms. The third-order valence-corrected chi connectivity index (χ3v) is 4.33. The van der Waals surface area contributed by atoms with Crippen LogP contribution in [0.2, 0.25) is 0 Å². The van der Waals surface area contributed by atoms with Crippen molar-refractivity contribution in [3.8, 4) is 28.6 Å². The molecule has 4 rings (SSSR count). The standard InChI is InChI=1S/C24H26N4O2/c1-5-13-26-20-11-10-17-18(20)7-6-8-19(17)23-27-24(30-28-23)16-9-12-22(29-15(2)3)21(14-16)25-4/h6-9,12,14-15,20,26H,5,10-11,13H2,1-3H3/t20-/m0/s1/i5D2,6D,7D,8D,9D,12D,13D2,14D,20D. The summed E-state index contributed by atoms with van der Waals surface area (Å²) in [6.07, 6.45) is -2.89. The molecule has 2 aromatic carbocycles. The molecule has 0 spiro atoms. The van der Waals surface area contributed by atoms with Crippen LogP contribution in [-0.2, 0) is 6.42 Å². The minimum absolute atomic E-state index is 0.0409. The number of nitrogens with one attached hydrogen (secondary N) is 1. The Hall–Kier alpha value is -3.17. The molecule has 0 saturated heterocycles. The van der Waals surface area contributed by atoms with Crippen molar-refractivity contribution in [2.24, 2.45) is 0 Å². The minimum Gasteiger partial charge on any atom is -0.502 e. The normalized spacial score (nSPS) is 23.9. The molecule has 0 unspecified atom stereocenters.